The number of nitro groups is 1. The second kappa shape index (κ2) is 28.3. The average Bonchev–Trinajstić information content (AvgIpc) is 1.81. The number of ketones is 1. The zero-order valence-electron chi connectivity index (χ0n) is 47.1. The fourth-order valence-electron chi connectivity index (χ4n) is 10.7. The first-order chi connectivity index (χ1) is 40.3. The number of carbonyl (C=O) groups excluding carboxylic acids is 7. The van der Waals surface area contributed by atoms with Crippen LogP contribution in [0.25, 0.3) is 22.3 Å². The van der Waals surface area contributed by atoms with Crippen LogP contribution in [0.2, 0.25) is 0 Å². The Morgan fingerprint density at radius 3 is 1.86 bits per heavy atom. The molecule has 460 valence electrons. The molecule has 26 heteroatoms. The Morgan fingerprint density at radius 2 is 1.29 bits per heavy atom. The summed E-state index contributed by atoms with van der Waals surface area (Å²) in [7, 11) is 0. The molecule has 26 nitrogen and oxygen atoms in total. The van der Waals surface area contributed by atoms with Crippen LogP contribution in [0.1, 0.15) is 89.7 Å². The Hall–Kier alpha value is -7.95. The molecular weight excluding hydrogens is 1110 g/mol. The average molecular weight is 1190 g/mol. The quantitative estimate of drug-likeness (QED) is 0.0433. The van der Waals surface area contributed by atoms with Crippen LogP contribution >= 0.6 is 0 Å². The molecule has 15 atom stereocenters. The van der Waals surface area contributed by atoms with Crippen molar-refractivity contribution in [3.05, 3.63) is 112 Å². The van der Waals surface area contributed by atoms with Gasteiger partial charge in [0.15, 0.2) is 17.8 Å². The summed E-state index contributed by atoms with van der Waals surface area (Å²) in [5.41, 5.74) is 2.01. The SMILES string of the molecule is CCCCCOc1ccc(-c2ccc(-c3ccc(C(=O)N[C@H]4C[C@@H](O)[C@@H](O)NC(=O)[C@@H]5[C@@H](O)[C@@H](C)CN5C(=O)[C@H]([C@@H](C)O)NC(=O)[C@H]([C@H](O)[C@@H](O)c5ccc(O)c([N+](=O)[O-])c5)CC(=O)[C@@H]5C[C@@H](O)CN5C(=O)[C@H]([C@@H](C)O)NC4=O)cc3)cc2)cc1.[HH]. The van der Waals surface area contributed by atoms with Crippen LogP contribution < -0.4 is 26.0 Å². The number of aromatic hydroxyl groups is 1. The predicted octanol–water partition coefficient (Wildman–Crippen LogP) is 0.318. The number of ether oxygens (including phenoxy) is 1. The summed E-state index contributed by atoms with van der Waals surface area (Å²) in [4.78, 5) is 113. The number of hydrogen-bond acceptors (Lipinski definition) is 19. The number of phenolic OH excluding ortho intramolecular Hbond substituents is 1. The molecule has 3 aliphatic heterocycles. The number of benzene rings is 4. The lowest BCUT2D eigenvalue weighted by atomic mass is 9.86. The van der Waals surface area contributed by atoms with E-state index in [0.29, 0.717) is 18.2 Å². The van der Waals surface area contributed by atoms with Crippen molar-refractivity contribution >= 4 is 46.9 Å². The molecule has 0 aliphatic carbocycles. The number of nitro benzene ring substituents is 1. The maximum Gasteiger partial charge on any atom is 0.311 e. The van der Waals surface area contributed by atoms with E-state index in [1.807, 2.05) is 48.5 Å². The zero-order chi connectivity index (χ0) is 62.1. The normalized spacial score (nSPS) is 27.0. The summed E-state index contributed by atoms with van der Waals surface area (Å²) >= 11 is 0. The molecule has 85 heavy (non-hydrogen) atoms. The van der Waals surface area contributed by atoms with E-state index in [2.05, 4.69) is 28.2 Å². The van der Waals surface area contributed by atoms with Crippen molar-refractivity contribution in [2.24, 2.45) is 11.8 Å². The third kappa shape index (κ3) is 15.3. The zero-order valence-corrected chi connectivity index (χ0v) is 47.1. The largest absolute Gasteiger partial charge is 0.502 e. The second-order valence-corrected chi connectivity index (χ2v) is 22.0. The first-order valence-electron chi connectivity index (χ1n) is 28.0. The predicted molar refractivity (Wildman–Crippen MR) is 303 cm³/mol. The number of phenols is 1. The van der Waals surface area contributed by atoms with Gasteiger partial charge in [-0.25, -0.2) is 0 Å². The monoisotopic (exact) mass is 1190 g/mol. The number of aliphatic hydroxyl groups is 8. The van der Waals surface area contributed by atoms with Gasteiger partial charge >= 0.3 is 5.69 Å². The Balaban J connectivity index is 0.0000118. The fourth-order valence-corrected chi connectivity index (χ4v) is 10.7. The second-order valence-electron chi connectivity index (χ2n) is 22.0. The van der Waals surface area contributed by atoms with Crippen molar-refractivity contribution in [3.8, 4) is 33.8 Å². The summed E-state index contributed by atoms with van der Waals surface area (Å²) in [5.74, 6) is -11.5. The summed E-state index contributed by atoms with van der Waals surface area (Å²) in [6, 6.07) is 14.5. The van der Waals surface area contributed by atoms with Crippen molar-refractivity contribution in [1.29, 1.82) is 0 Å². The van der Waals surface area contributed by atoms with Crippen LogP contribution in [-0.2, 0) is 28.8 Å². The number of unbranched alkanes of at least 4 members (excludes halogenated alkanes) is 2. The maximum atomic E-state index is 14.5. The lowest BCUT2D eigenvalue weighted by molar-refractivity contribution is -0.386. The van der Waals surface area contributed by atoms with Crippen LogP contribution in [0.3, 0.4) is 0 Å². The smallest absolute Gasteiger partial charge is 0.311 e. The van der Waals surface area contributed by atoms with Crippen molar-refractivity contribution in [3.63, 3.8) is 0 Å². The van der Waals surface area contributed by atoms with Crippen molar-refractivity contribution < 1.29 is 90.6 Å². The number of nitrogens with one attached hydrogen (secondary N) is 4. The first-order valence-corrected chi connectivity index (χ1v) is 28.0. The van der Waals surface area contributed by atoms with Gasteiger partial charge in [0.25, 0.3) is 5.91 Å². The topological polar surface area (TPSA) is 409 Å². The highest BCUT2D eigenvalue weighted by atomic mass is 16.6. The van der Waals surface area contributed by atoms with Gasteiger partial charge in [0.2, 0.25) is 29.5 Å². The summed E-state index contributed by atoms with van der Waals surface area (Å²) in [6.45, 7) is 5.30. The fraction of sp³-hybridized carbons (Fsp3) is 0.475. The van der Waals surface area contributed by atoms with E-state index in [0.717, 1.165) is 77.5 Å². The molecule has 0 radical (unpaired) electrons. The minimum absolute atomic E-state index is 0. The van der Waals surface area contributed by atoms with Crippen LogP contribution in [0.4, 0.5) is 5.69 Å². The molecule has 4 aromatic rings. The lowest BCUT2D eigenvalue weighted by Crippen LogP contribution is -2.61. The summed E-state index contributed by atoms with van der Waals surface area (Å²) in [5, 5.41) is 121. The molecule has 3 fully saturated rings. The number of aliphatic hydroxyl groups excluding tert-OH is 8. The van der Waals surface area contributed by atoms with E-state index in [4.69, 9.17) is 4.74 Å². The molecular formula is C59H75N7O19. The lowest BCUT2D eigenvalue weighted by Gasteiger charge is -2.33. The van der Waals surface area contributed by atoms with Gasteiger partial charge < -0.3 is 81.8 Å². The van der Waals surface area contributed by atoms with Crippen molar-refractivity contribution in [2.45, 2.75) is 145 Å². The molecule has 0 aromatic heterocycles. The van der Waals surface area contributed by atoms with Crippen molar-refractivity contribution in [1.82, 2.24) is 31.1 Å². The van der Waals surface area contributed by atoms with Crippen molar-refractivity contribution in [2.75, 3.05) is 19.7 Å². The van der Waals surface area contributed by atoms with Gasteiger partial charge in [-0.05, 0) is 78.4 Å². The Morgan fingerprint density at radius 1 is 0.741 bits per heavy atom. The molecule has 6 amide bonds. The summed E-state index contributed by atoms with van der Waals surface area (Å²) in [6.07, 6.45) is -15.4. The van der Waals surface area contributed by atoms with Gasteiger partial charge in [0.05, 0.1) is 54.0 Å². The maximum absolute atomic E-state index is 14.5. The Kier molecular flexibility index (Phi) is 21.5. The number of amides is 6. The van der Waals surface area contributed by atoms with Gasteiger partial charge in [-0.15, -0.1) is 0 Å². The standard InChI is InChI=1S/C59H73N7O19.H2/c1-5-6-7-22-85-39-19-16-35(17-20-39)33-10-8-32(9-11-33)34-12-14-36(15-13-34)53(76)60-41-26-46(72)56(79)63-57(80)49-50(73)29(2)27-65(49)59(82)48(31(4)68)61-54(77)40(52(75)51(74)37-18-21-44(70)43(23-37)66(83)84)25-45(71)42-24-38(69)28-64(42)58(81)47(30(3)67)62-55(41)78;/h8-21,23,29-31,38,40-42,46-52,56,67-70,72-75,79H,5-7,22,24-28H2,1-4H3,(H,60,76)(H,61,77)(H,62,78)(H,63,80);1H/t29-,30+,31+,38+,40-,41-,42-,46+,47-,48-,49-,50-,51-,52-,56+;/m0./s1. The highest BCUT2D eigenvalue weighted by molar-refractivity contribution is 6.00. The van der Waals surface area contributed by atoms with Crippen LogP contribution in [0, 0.1) is 22.0 Å². The minimum Gasteiger partial charge on any atom is -0.502 e. The highest BCUT2D eigenvalue weighted by Gasteiger charge is 2.50. The van der Waals surface area contributed by atoms with Crippen LogP contribution in [-0.4, -0.2) is 195 Å². The number of fused-ring (bicyclic) bond motifs is 2. The molecule has 0 bridgehead atoms. The number of carbonyl (C=O) groups is 7. The Bertz CT molecular complexity index is 3060. The van der Waals surface area contributed by atoms with E-state index < -0.39 is 187 Å². The molecule has 4 aromatic carbocycles. The van der Waals surface area contributed by atoms with E-state index in [-0.39, 0.29) is 6.99 Å². The van der Waals surface area contributed by atoms with Crippen LogP contribution in [0.5, 0.6) is 11.5 Å². The third-order valence-corrected chi connectivity index (χ3v) is 15.7. The molecule has 3 aliphatic rings. The highest BCUT2D eigenvalue weighted by Crippen LogP contribution is 2.34. The molecule has 0 spiro atoms. The molecule has 3 heterocycles. The summed E-state index contributed by atoms with van der Waals surface area (Å²) < 4.78 is 5.84. The minimum atomic E-state index is -2.42. The number of rotatable bonds is 15. The molecule has 13 N–H and O–H groups in total. The number of nitrogens with zero attached hydrogens (tertiary/aromatic N) is 3. The first kappa shape index (κ1) is 64.6. The molecule has 7 rings (SSSR count). The molecule has 3 saturated heterocycles. The molecule has 0 unspecified atom stereocenters. The van der Waals surface area contributed by atoms with Gasteiger partial charge in [-0.3, -0.25) is 43.7 Å². The van der Waals surface area contributed by atoms with Gasteiger partial charge in [-0.1, -0.05) is 81.3 Å². The van der Waals surface area contributed by atoms with Crippen LogP contribution in [0.15, 0.2) is 91.0 Å². The van der Waals surface area contributed by atoms with Gasteiger partial charge in [0.1, 0.15) is 42.1 Å². The van der Waals surface area contributed by atoms with Gasteiger partial charge in [0, 0.05) is 51.3 Å². The van der Waals surface area contributed by atoms with E-state index in [9.17, 15) is 89.6 Å². The van der Waals surface area contributed by atoms with E-state index >= 15 is 0 Å². The molecule has 0 saturated carbocycles. The number of hydrogen-bond donors (Lipinski definition) is 13. The number of Topliss-reactive ketones (excluding diaryl/α,β-unsaturated/α-hetero) is 1. The van der Waals surface area contributed by atoms with E-state index in [1.165, 1.54) is 19.1 Å². The Labute approximate surface area is 490 Å². The van der Waals surface area contributed by atoms with E-state index in [1.54, 1.807) is 12.1 Å². The third-order valence-electron chi connectivity index (χ3n) is 15.7. The van der Waals surface area contributed by atoms with Gasteiger partial charge in [-0.2, -0.15) is 0 Å².